The third kappa shape index (κ3) is 3.28. The molecule has 7 nitrogen and oxygen atoms in total. The molecule has 24 heavy (non-hydrogen) atoms. The van der Waals surface area contributed by atoms with Crippen molar-refractivity contribution in [1.29, 1.82) is 0 Å². The van der Waals surface area contributed by atoms with Crippen LogP contribution in [0.3, 0.4) is 0 Å². The molecule has 0 spiro atoms. The molecule has 1 amide bonds. The summed E-state index contributed by atoms with van der Waals surface area (Å²) in [6.07, 6.45) is 6.25. The Kier molecular flexibility index (Phi) is 4.57. The van der Waals surface area contributed by atoms with Crippen molar-refractivity contribution in [2.24, 2.45) is 0 Å². The minimum Gasteiger partial charge on any atom is -0.269 e. The fourth-order valence-electron chi connectivity index (χ4n) is 2.62. The average molecular weight is 348 g/mol. The number of aromatic nitrogens is 2. The van der Waals surface area contributed by atoms with E-state index >= 15 is 0 Å². The van der Waals surface area contributed by atoms with E-state index in [1.165, 1.54) is 6.20 Å². The standard InChI is InChI=1S/C16H20N4O3S/c1-2-20(15-7-4-3-5-8-15)24(22,23)18-16(21)13-11-17-19(12-13)14-9-6-10-14/h3-5,7-8,11-12,14H,2,6,9-10H2,1H3,(H,18,21). The molecule has 1 aromatic carbocycles. The summed E-state index contributed by atoms with van der Waals surface area (Å²) in [5.41, 5.74) is 0.750. The van der Waals surface area contributed by atoms with Gasteiger partial charge in [0.1, 0.15) is 0 Å². The Hall–Kier alpha value is -2.35. The molecule has 8 heteroatoms. The van der Waals surface area contributed by atoms with Gasteiger partial charge in [0.15, 0.2) is 0 Å². The van der Waals surface area contributed by atoms with Crippen LogP contribution in [0.2, 0.25) is 0 Å². The fourth-order valence-corrected chi connectivity index (χ4v) is 3.82. The Morgan fingerprint density at radius 3 is 2.62 bits per heavy atom. The Balaban J connectivity index is 1.75. The van der Waals surface area contributed by atoms with Crippen LogP contribution in [0.4, 0.5) is 5.69 Å². The second kappa shape index (κ2) is 6.64. The lowest BCUT2D eigenvalue weighted by Crippen LogP contribution is -2.43. The SMILES string of the molecule is CCN(c1ccccc1)S(=O)(=O)NC(=O)c1cnn(C2CCC2)c1. The minimum absolute atomic E-state index is 0.216. The van der Waals surface area contributed by atoms with Crippen LogP contribution in [-0.2, 0) is 10.2 Å². The van der Waals surface area contributed by atoms with Crippen molar-refractivity contribution in [3.05, 3.63) is 48.3 Å². The first-order valence-corrected chi connectivity index (χ1v) is 9.39. The molecule has 1 heterocycles. The largest absolute Gasteiger partial charge is 0.326 e. The number of nitrogens with one attached hydrogen (secondary N) is 1. The predicted molar refractivity (Wildman–Crippen MR) is 91.0 cm³/mol. The van der Waals surface area contributed by atoms with Crippen molar-refractivity contribution in [2.75, 3.05) is 10.8 Å². The maximum absolute atomic E-state index is 12.5. The van der Waals surface area contributed by atoms with Crippen molar-refractivity contribution in [2.45, 2.75) is 32.2 Å². The number of amides is 1. The van der Waals surface area contributed by atoms with Gasteiger partial charge in [-0.1, -0.05) is 18.2 Å². The first-order valence-electron chi connectivity index (χ1n) is 7.95. The average Bonchev–Trinajstić information content (AvgIpc) is 2.96. The molecule has 1 aliphatic rings. The predicted octanol–water partition coefficient (Wildman–Crippen LogP) is 2.11. The number of benzene rings is 1. The molecule has 0 aliphatic heterocycles. The number of nitrogens with zero attached hydrogens (tertiary/aromatic N) is 3. The van der Waals surface area contributed by atoms with E-state index < -0.39 is 16.1 Å². The van der Waals surface area contributed by atoms with E-state index in [1.807, 2.05) is 0 Å². The fraction of sp³-hybridized carbons (Fsp3) is 0.375. The first-order chi connectivity index (χ1) is 11.5. The second-order valence-corrected chi connectivity index (χ2v) is 7.33. The minimum atomic E-state index is -3.98. The number of rotatable bonds is 6. The van der Waals surface area contributed by atoms with Crippen LogP contribution in [0.1, 0.15) is 42.6 Å². The molecule has 0 atom stereocenters. The van der Waals surface area contributed by atoms with Gasteiger partial charge in [0.2, 0.25) is 0 Å². The molecule has 1 fully saturated rings. The van der Waals surface area contributed by atoms with Crippen molar-refractivity contribution in [1.82, 2.24) is 14.5 Å². The van der Waals surface area contributed by atoms with Gasteiger partial charge in [-0.3, -0.25) is 13.8 Å². The van der Waals surface area contributed by atoms with Crippen molar-refractivity contribution in [3.8, 4) is 0 Å². The Morgan fingerprint density at radius 1 is 1.33 bits per heavy atom. The van der Waals surface area contributed by atoms with Gasteiger partial charge in [-0.15, -0.1) is 0 Å². The normalized spacial score (nSPS) is 14.9. The van der Waals surface area contributed by atoms with Gasteiger partial charge in [-0.25, -0.2) is 4.72 Å². The summed E-state index contributed by atoms with van der Waals surface area (Å²) < 4.78 is 30.0. The third-order valence-electron chi connectivity index (χ3n) is 4.16. The number of carbonyl (C=O) groups excluding carboxylic acids is 1. The molecule has 1 saturated carbocycles. The summed E-state index contributed by atoms with van der Waals surface area (Å²) in [6, 6.07) is 8.98. The highest BCUT2D eigenvalue weighted by atomic mass is 32.2. The smallest absolute Gasteiger partial charge is 0.269 e. The quantitative estimate of drug-likeness (QED) is 0.866. The van der Waals surface area contributed by atoms with Crippen molar-refractivity contribution >= 4 is 21.8 Å². The molecule has 2 aromatic rings. The molecular formula is C16H20N4O3S. The molecule has 1 aliphatic carbocycles. The van der Waals surface area contributed by atoms with E-state index in [0.29, 0.717) is 11.7 Å². The third-order valence-corrected chi connectivity index (χ3v) is 5.65. The van der Waals surface area contributed by atoms with E-state index in [4.69, 9.17) is 0 Å². The number of carbonyl (C=O) groups is 1. The molecule has 128 valence electrons. The Bertz CT molecular complexity index is 813. The molecular weight excluding hydrogens is 328 g/mol. The van der Waals surface area contributed by atoms with Crippen LogP contribution in [0, 0.1) is 0 Å². The maximum atomic E-state index is 12.5. The number of hydrogen-bond acceptors (Lipinski definition) is 4. The topological polar surface area (TPSA) is 84.3 Å². The zero-order valence-electron chi connectivity index (χ0n) is 13.4. The van der Waals surface area contributed by atoms with Crippen LogP contribution >= 0.6 is 0 Å². The molecule has 0 bridgehead atoms. The second-order valence-electron chi connectivity index (χ2n) is 5.73. The van der Waals surface area contributed by atoms with Crippen LogP contribution < -0.4 is 9.03 Å². The van der Waals surface area contributed by atoms with Crippen LogP contribution in [0.5, 0.6) is 0 Å². The van der Waals surface area contributed by atoms with Crippen molar-refractivity contribution in [3.63, 3.8) is 0 Å². The molecule has 1 aromatic heterocycles. The lowest BCUT2D eigenvalue weighted by molar-refractivity contribution is 0.0981. The summed E-state index contributed by atoms with van der Waals surface area (Å²) in [6.45, 7) is 1.93. The van der Waals surface area contributed by atoms with E-state index in [-0.39, 0.29) is 12.1 Å². The van der Waals surface area contributed by atoms with Gasteiger partial charge < -0.3 is 0 Å². The summed E-state index contributed by atoms with van der Waals surface area (Å²) in [7, 11) is -3.98. The monoisotopic (exact) mass is 348 g/mol. The van der Waals surface area contributed by atoms with Crippen LogP contribution in [0.15, 0.2) is 42.7 Å². The molecule has 0 unspecified atom stereocenters. The van der Waals surface area contributed by atoms with Crippen molar-refractivity contribution < 1.29 is 13.2 Å². The zero-order chi connectivity index (χ0) is 17.2. The van der Waals surface area contributed by atoms with Crippen LogP contribution in [0.25, 0.3) is 0 Å². The highest BCUT2D eigenvalue weighted by Gasteiger charge is 2.26. The van der Waals surface area contributed by atoms with E-state index in [9.17, 15) is 13.2 Å². The Labute approximate surface area is 141 Å². The van der Waals surface area contributed by atoms with Gasteiger partial charge in [-0.05, 0) is 38.3 Å². The summed E-state index contributed by atoms with van der Waals surface area (Å²) in [4.78, 5) is 12.3. The van der Waals surface area contributed by atoms with Gasteiger partial charge in [0.25, 0.3) is 5.91 Å². The summed E-state index contributed by atoms with van der Waals surface area (Å²) >= 11 is 0. The van der Waals surface area contributed by atoms with E-state index in [0.717, 1.165) is 23.6 Å². The number of hydrogen-bond donors (Lipinski definition) is 1. The van der Waals surface area contributed by atoms with Gasteiger partial charge in [0, 0.05) is 12.7 Å². The van der Waals surface area contributed by atoms with E-state index in [2.05, 4.69) is 9.82 Å². The lowest BCUT2D eigenvalue weighted by atomic mass is 9.93. The number of anilines is 1. The maximum Gasteiger partial charge on any atom is 0.326 e. The first kappa shape index (κ1) is 16.5. The number of para-hydroxylation sites is 1. The molecule has 0 radical (unpaired) electrons. The zero-order valence-corrected chi connectivity index (χ0v) is 14.2. The molecule has 3 rings (SSSR count). The van der Waals surface area contributed by atoms with Gasteiger partial charge >= 0.3 is 10.2 Å². The van der Waals surface area contributed by atoms with Crippen LogP contribution in [-0.4, -0.2) is 30.7 Å². The molecule has 0 saturated heterocycles. The highest BCUT2D eigenvalue weighted by Crippen LogP contribution is 2.30. The van der Waals surface area contributed by atoms with Gasteiger partial charge in [-0.2, -0.15) is 13.5 Å². The van der Waals surface area contributed by atoms with Gasteiger partial charge in [0.05, 0.1) is 23.5 Å². The van der Waals surface area contributed by atoms with E-state index in [1.54, 1.807) is 48.1 Å². The highest BCUT2D eigenvalue weighted by molar-refractivity contribution is 7.91. The summed E-state index contributed by atoms with van der Waals surface area (Å²) in [5, 5.41) is 4.16. The summed E-state index contributed by atoms with van der Waals surface area (Å²) in [5.74, 6) is -0.671. The Morgan fingerprint density at radius 2 is 2.04 bits per heavy atom. The lowest BCUT2D eigenvalue weighted by Gasteiger charge is -2.25. The molecule has 1 N–H and O–H groups in total.